The zero-order valence-corrected chi connectivity index (χ0v) is 16.6. The molecule has 0 aliphatic heterocycles. The van der Waals surface area contributed by atoms with Gasteiger partial charge in [-0.15, -0.1) is 0 Å². The van der Waals surface area contributed by atoms with Crippen molar-refractivity contribution < 1.29 is 14.3 Å². The first kappa shape index (κ1) is 20.5. The summed E-state index contributed by atoms with van der Waals surface area (Å²) < 4.78 is 5.02. The van der Waals surface area contributed by atoms with Gasteiger partial charge in [0.1, 0.15) is 11.5 Å². The highest BCUT2D eigenvalue weighted by Gasteiger charge is 2.15. The number of anilines is 2. The van der Waals surface area contributed by atoms with Crippen LogP contribution in [-0.4, -0.2) is 35.0 Å². The Balaban J connectivity index is 1.56. The van der Waals surface area contributed by atoms with Crippen LogP contribution >= 0.6 is 0 Å². The van der Waals surface area contributed by atoms with Crippen LogP contribution in [0.3, 0.4) is 0 Å². The van der Waals surface area contributed by atoms with Crippen molar-refractivity contribution in [2.24, 2.45) is 0 Å². The molecule has 2 aromatic rings. The monoisotopic (exact) mass is 394 g/mol. The molecular formula is C22H26N4O3. The third-order valence-electron chi connectivity index (χ3n) is 4.69. The van der Waals surface area contributed by atoms with Crippen LogP contribution in [-0.2, 0) is 4.74 Å². The quantitative estimate of drug-likeness (QED) is 0.515. The summed E-state index contributed by atoms with van der Waals surface area (Å²) in [5.41, 5.74) is 2.34. The molecule has 0 saturated heterocycles. The molecular weight excluding hydrogens is 368 g/mol. The molecule has 0 radical (unpaired) electrons. The van der Waals surface area contributed by atoms with E-state index >= 15 is 0 Å². The fraction of sp³-hybridized carbons (Fsp3) is 0.364. The summed E-state index contributed by atoms with van der Waals surface area (Å²) in [7, 11) is 0. The second kappa shape index (κ2) is 10.4. The van der Waals surface area contributed by atoms with Gasteiger partial charge in [-0.1, -0.05) is 23.8 Å². The van der Waals surface area contributed by atoms with Gasteiger partial charge in [0, 0.05) is 6.54 Å². The Kier molecular flexibility index (Phi) is 7.33. The number of ether oxygens (including phenoxy) is 1. The Labute approximate surface area is 170 Å². The summed E-state index contributed by atoms with van der Waals surface area (Å²) in [6.07, 6.45) is 11.2. The number of allylic oxidation sites excluding steroid dienone is 1. The Morgan fingerprint density at radius 1 is 1.14 bits per heavy atom. The average molecular weight is 394 g/mol. The predicted octanol–water partition coefficient (Wildman–Crippen LogP) is 4.21. The van der Waals surface area contributed by atoms with Gasteiger partial charge >= 0.3 is 5.97 Å². The van der Waals surface area contributed by atoms with E-state index in [1.54, 1.807) is 37.4 Å². The van der Waals surface area contributed by atoms with Gasteiger partial charge in [0.05, 0.1) is 30.3 Å². The topological polar surface area (TPSA) is 93.2 Å². The lowest BCUT2D eigenvalue weighted by molar-refractivity contribution is 0.0527. The first-order valence-electron chi connectivity index (χ1n) is 9.98. The van der Waals surface area contributed by atoms with Gasteiger partial charge < -0.3 is 15.4 Å². The van der Waals surface area contributed by atoms with E-state index in [0.29, 0.717) is 17.1 Å². The van der Waals surface area contributed by atoms with E-state index in [9.17, 15) is 9.59 Å². The third kappa shape index (κ3) is 5.88. The average Bonchev–Trinajstić information content (AvgIpc) is 2.75. The van der Waals surface area contributed by atoms with Crippen LogP contribution in [0.4, 0.5) is 11.5 Å². The largest absolute Gasteiger partial charge is 0.462 e. The molecule has 0 fully saturated rings. The summed E-state index contributed by atoms with van der Waals surface area (Å²) in [5.74, 6) is -0.292. The van der Waals surface area contributed by atoms with Gasteiger partial charge in [-0.25, -0.2) is 14.8 Å². The van der Waals surface area contributed by atoms with E-state index in [1.165, 1.54) is 37.5 Å². The maximum absolute atomic E-state index is 12.5. The van der Waals surface area contributed by atoms with Gasteiger partial charge in [0.25, 0.3) is 5.91 Å². The van der Waals surface area contributed by atoms with Gasteiger partial charge in [-0.2, -0.15) is 0 Å². The number of nitrogens with one attached hydrogen (secondary N) is 2. The molecule has 0 unspecified atom stereocenters. The molecule has 3 rings (SSSR count). The number of amides is 1. The Morgan fingerprint density at radius 3 is 2.72 bits per heavy atom. The highest BCUT2D eigenvalue weighted by atomic mass is 16.5. The van der Waals surface area contributed by atoms with Crippen molar-refractivity contribution in [1.29, 1.82) is 0 Å². The van der Waals surface area contributed by atoms with Crippen LogP contribution in [0.2, 0.25) is 0 Å². The lowest BCUT2D eigenvalue weighted by Gasteiger charge is -2.13. The number of aromatic nitrogens is 2. The minimum Gasteiger partial charge on any atom is -0.462 e. The van der Waals surface area contributed by atoms with Crippen LogP contribution in [0, 0.1) is 0 Å². The van der Waals surface area contributed by atoms with Crippen LogP contribution in [0.25, 0.3) is 0 Å². The molecule has 0 spiro atoms. The summed E-state index contributed by atoms with van der Waals surface area (Å²) in [6.45, 7) is 2.79. The van der Waals surface area contributed by atoms with Crippen molar-refractivity contribution in [2.75, 3.05) is 23.8 Å². The van der Waals surface area contributed by atoms with Gasteiger partial charge in [0.15, 0.2) is 0 Å². The lowest BCUT2D eigenvalue weighted by atomic mass is 9.97. The number of esters is 1. The van der Waals surface area contributed by atoms with Crippen LogP contribution in [0.5, 0.6) is 0 Å². The maximum Gasteiger partial charge on any atom is 0.340 e. The fourth-order valence-corrected chi connectivity index (χ4v) is 3.18. The van der Waals surface area contributed by atoms with Crippen LogP contribution < -0.4 is 10.6 Å². The first-order chi connectivity index (χ1) is 14.2. The van der Waals surface area contributed by atoms with Crippen molar-refractivity contribution in [1.82, 2.24) is 9.97 Å². The molecule has 1 heterocycles. The fourth-order valence-electron chi connectivity index (χ4n) is 3.18. The van der Waals surface area contributed by atoms with E-state index < -0.39 is 11.9 Å². The smallest absolute Gasteiger partial charge is 0.340 e. The molecule has 1 amide bonds. The Bertz CT molecular complexity index is 878. The zero-order valence-electron chi connectivity index (χ0n) is 16.6. The number of hydrogen-bond donors (Lipinski definition) is 2. The maximum atomic E-state index is 12.5. The zero-order chi connectivity index (χ0) is 20.5. The third-order valence-corrected chi connectivity index (χ3v) is 4.69. The van der Waals surface area contributed by atoms with Gasteiger partial charge in [-0.3, -0.25) is 4.79 Å². The molecule has 152 valence electrons. The van der Waals surface area contributed by atoms with Crippen molar-refractivity contribution in [3.63, 3.8) is 0 Å². The van der Waals surface area contributed by atoms with Crippen molar-refractivity contribution in [3.05, 3.63) is 59.6 Å². The lowest BCUT2D eigenvalue weighted by Crippen LogP contribution is -2.17. The van der Waals surface area contributed by atoms with E-state index in [1.807, 2.05) is 0 Å². The molecule has 0 atom stereocenters. The van der Waals surface area contributed by atoms with Gasteiger partial charge in [-0.05, 0) is 51.2 Å². The summed E-state index contributed by atoms with van der Waals surface area (Å²) in [6, 6.07) is 6.70. The SMILES string of the molecule is CCOC(=O)c1ccccc1NC(=O)c1cnc(NCCC2=CCCCC2)cn1. The van der Waals surface area contributed by atoms with Crippen LogP contribution in [0.15, 0.2) is 48.3 Å². The Hall–Kier alpha value is -3.22. The predicted molar refractivity (Wildman–Crippen MR) is 112 cm³/mol. The van der Waals surface area contributed by atoms with Crippen molar-refractivity contribution in [2.45, 2.75) is 39.0 Å². The van der Waals surface area contributed by atoms with E-state index in [0.717, 1.165) is 13.0 Å². The highest BCUT2D eigenvalue weighted by Crippen LogP contribution is 2.20. The molecule has 0 bridgehead atoms. The summed E-state index contributed by atoms with van der Waals surface area (Å²) in [5, 5.41) is 5.94. The second-order valence-electron chi connectivity index (χ2n) is 6.79. The minimum absolute atomic E-state index is 0.171. The molecule has 7 heteroatoms. The molecule has 0 saturated carbocycles. The molecule has 1 aromatic carbocycles. The molecule has 2 N–H and O–H groups in total. The number of carbonyl (C=O) groups excluding carboxylic acids is 2. The number of benzene rings is 1. The second-order valence-corrected chi connectivity index (χ2v) is 6.79. The summed E-state index contributed by atoms with van der Waals surface area (Å²) in [4.78, 5) is 33.0. The number of hydrogen-bond acceptors (Lipinski definition) is 6. The number of nitrogens with zero attached hydrogens (tertiary/aromatic N) is 2. The number of carbonyl (C=O) groups is 2. The van der Waals surface area contributed by atoms with E-state index in [4.69, 9.17) is 4.74 Å². The van der Waals surface area contributed by atoms with Crippen molar-refractivity contribution in [3.8, 4) is 0 Å². The summed E-state index contributed by atoms with van der Waals surface area (Å²) >= 11 is 0. The molecule has 1 aromatic heterocycles. The molecule has 7 nitrogen and oxygen atoms in total. The standard InChI is InChI=1S/C22H26N4O3/c1-2-29-22(28)17-10-6-7-11-18(17)26-21(27)19-14-25-20(15-24-19)23-13-12-16-8-4-3-5-9-16/h6-8,10-11,14-15H,2-5,9,12-13H2,1H3,(H,23,25)(H,26,27). The molecule has 29 heavy (non-hydrogen) atoms. The van der Waals surface area contributed by atoms with Crippen molar-refractivity contribution >= 4 is 23.4 Å². The minimum atomic E-state index is -0.484. The first-order valence-corrected chi connectivity index (χ1v) is 9.98. The number of para-hydroxylation sites is 1. The molecule has 1 aliphatic carbocycles. The highest BCUT2D eigenvalue weighted by molar-refractivity contribution is 6.06. The van der Waals surface area contributed by atoms with Crippen LogP contribution in [0.1, 0.15) is 59.9 Å². The van der Waals surface area contributed by atoms with E-state index in [-0.39, 0.29) is 12.3 Å². The van der Waals surface area contributed by atoms with E-state index in [2.05, 4.69) is 26.7 Å². The number of rotatable bonds is 8. The molecule has 1 aliphatic rings. The Morgan fingerprint density at radius 2 is 2.00 bits per heavy atom. The van der Waals surface area contributed by atoms with Gasteiger partial charge in [0.2, 0.25) is 0 Å². The normalized spacial score (nSPS) is 13.3.